The van der Waals surface area contributed by atoms with E-state index >= 15 is 0 Å². The van der Waals surface area contributed by atoms with Crippen molar-refractivity contribution in [1.29, 1.82) is 0 Å². The number of hydrogen-bond acceptors (Lipinski definition) is 2. The second-order valence-electron chi connectivity index (χ2n) is 4.95. The molecule has 1 atom stereocenters. The Morgan fingerprint density at radius 2 is 1.75 bits per heavy atom. The molecule has 0 aromatic carbocycles. The molecule has 0 spiro atoms. The predicted octanol–water partition coefficient (Wildman–Crippen LogP) is 3.85. The molecule has 0 amide bonds. The van der Waals surface area contributed by atoms with Gasteiger partial charge in [-0.05, 0) is 25.1 Å². The van der Waals surface area contributed by atoms with E-state index in [1.165, 1.54) is 12.5 Å². The Morgan fingerprint density at radius 1 is 1.12 bits per heavy atom. The Balaban J connectivity index is 3.42. The molecule has 0 aliphatic carbocycles. The summed E-state index contributed by atoms with van der Waals surface area (Å²) >= 11 is 0. The Hall–Kier alpha value is -0.123. The first kappa shape index (κ1) is 15.9. The minimum atomic E-state index is -1.36. The molecular weight excluding hydrogens is 216 g/mol. The molecule has 3 heteroatoms. The summed E-state index contributed by atoms with van der Waals surface area (Å²) in [4.78, 5) is 0. The average molecular weight is 244 g/mol. The molecule has 1 unspecified atom stereocenters. The molecule has 0 radical (unpaired) electrons. The van der Waals surface area contributed by atoms with Crippen molar-refractivity contribution < 1.29 is 9.16 Å². The Morgan fingerprint density at radius 3 is 2.31 bits per heavy atom. The van der Waals surface area contributed by atoms with Gasteiger partial charge in [0.15, 0.2) is 8.32 Å². The monoisotopic (exact) mass is 244 g/mol. The quantitative estimate of drug-likeness (QED) is 0.348. The van der Waals surface area contributed by atoms with E-state index in [0.717, 1.165) is 13.2 Å². The van der Waals surface area contributed by atoms with Gasteiger partial charge in [-0.2, -0.15) is 0 Å². The summed E-state index contributed by atoms with van der Waals surface area (Å²) < 4.78 is 11.3. The third kappa shape index (κ3) is 9.13. The molecule has 0 aliphatic heterocycles. The van der Waals surface area contributed by atoms with E-state index in [0.29, 0.717) is 12.5 Å². The van der Waals surface area contributed by atoms with Crippen LogP contribution in [0.5, 0.6) is 0 Å². The van der Waals surface area contributed by atoms with E-state index in [1.54, 1.807) is 0 Å². The van der Waals surface area contributed by atoms with Crippen molar-refractivity contribution in [2.75, 3.05) is 19.8 Å². The largest absolute Gasteiger partial charge is 0.414 e. The Bertz CT molecular complexity index is 190. The summed E-state index contributed by atoms with van der Waals surface area (Å²) in [5.41, 5.74) is 0. The highest BCUT2D eigenvalue weighted by Crippen LogP contribution is 2.09. The van der Waals surface area contributed by atoms with Crippen LogP contribution in [0.3, 0.4) is 0 Å². The van der Waals surface area contributed by atoms with E-state index in [4.69, 9.17) is 9.16 Å². The summed E-state index contributed by atoms with van der Waals surface area (Å²) in [5, 5.41) is 0. The minimum Gasteiger partial charge on any atom is -0.414 e. The summed E-state index contributed by atoms with van der Waals surface area (Å²) in [6.45, 7) is 13.4. The van der Waals surface area contributed by atoms with Crippen LogP contribution in [0, 0.1) is 5.92 Å². The fourth-order valence-corrected chi connectivity index (χ4v) is 1.72. The van der Waals surface area contributed by atoms with Gasteiger partial charge >= 0.3 is 0 Å². The van der Waals surface area contributed by atoms with E-state index < -0.39 is 8.32 Å². The zero-order chi connectivity index (χ0) is 12.4. The second-order valence-corrected chi connectivity index (χ2v) is 9.46. The van der Waals surface area contributed by atoms with Crippen LogP contribution in [0.4, 0.5) is 0 Å². The van der Waals surface area contributed by atoms with Gasteiger partial charge in [0, 0.05) is 6.61 Å². The first-order chi connectivity index (χ1) is 7.52. The van der Waals surface area contributed by atoms with Crippen LogP contribution in [-0.4, -0.2) is 28.1 Å². The van der Waals surface area contributed by atoms with Gasteiger partial charge in [-0.25, -0.2) is 0 Å². The number of rotatable bonds is 9. The van der Waals surface area contributed by atoms with Gasteiger partial charge in [-0.15, -0.1) is 0 Å². The fourth-order valence-electron chi connectivity index (χ4n) is 0.967. The predicted molar refractivity (Wildman–Crippen MR) is 73.3 cm³/mol. The SMILES string of the molecule is CCC(C)COCC=CCO[Si](C)(C)CC. The molecule has 0 heterocycles. The molecule has 0 rings (SSSR count). The Kier molecular flexibility index (Phi) is 8.90. The van der Waals surface area contributed by atoms with Crippen molar-refractivity contribution in [2.24, 2.45) is 5.92 Å². The molecule has 0 saturated heterocycles. The van der Waals surface area contributed by atoms with Gasteiger partial charge in [0.25, 0.3) is 0 Å². The minimum absolute atomic E-state index is 0.663. The van der Waals surface area contributed by atoms with E-state index in [9.17, 15) is 0 Å². The van der Waals surface area contributed by atoms with Crippen molar-refractivity contribution in [2.45, 2.75) is 46.3 Å². The van der Waals surface area contributed by atoms with Crippen molar-refractivity contribution in [3.05, 3.63) is 12.2 Å². The lowest BCUT2D eigenvalue weighted by Crippen LogP contribution is -2.28. The smallest absolute Gasteiger partial charge is 0.186 e. The van der Waals surface area contributed by atoms with Crippen LogP contribution in [-0.2, 0) is 9.16 Å². The first-order valence-corrected chi connectivity index (χ1v) is 9.50. The molecule has 0 saturated carbocycles. The average Bonchev–Trinajstić information content (AvgIpc) is 2.27. The second kappa shape index (κ2) is 8.96. The summed E-state index contributed by atoms with van der Waals surface area (Å²) in [5.74, 6) is 0.663. The highest BCUT2D eigenvalue weighted by Gasteiger charge is 2.17. The van der Waals surface area contributed by atoms with E-state index in [2.05, 4.69) is 46.0 Å². The normalized spacial score (nSPS) is 14.6. The van der Waals surface area contributed by atoms with Crippen LogP contribution in [0.25, 0.3) is 0 Å². The molecule has 0 aromatic rings. The lowest BCUT2D eigenvalue weighted by molar-refractivity contribution is 0.127. The van der Waals surface area contributed by atoms with Crippen LogP contribution in [0.15, 0.2) is 12.2 Å². The van der Waals surface area contributed by atoms with Crippen molar-refractivity contribution in [3.63, 3.8) is 0 Å². The van der Waals surface area contributed by atoms with Crippen molar-refractivity contribution in [1.82, 2.24) is 0 Å². The molecule has 0 fully saturated rings. The zero-order valence-electron chi connectivity index (χ0n) is 11.6. The molecular formula is C13H28O2Si. The maximum Gasteiger partial charge on any atom is 0.186 e. The molecule has 0 N–H and O–H groups in total. The van der Waals surface area contributed by atoms with Gasteiger partial charge in [-0.3, -0.25) is 0 Å². The van der Waals surface area contributed by atoms with Crippen LogP contribution >= 0.6 is 0 Å². The maximum absolute atomic E-state index is 5.82. The third-order valence-electron chi connectivity index (χ3n) is 2.90. The topological polar surface area (TPSA) is 18.5 Å². The van der Waals surface area contributed by atoms with Crippen molar-refractivity contribution in [3.8, 4) is 0 Å². The number of hydrogen-bond donors (Lipinski definition) is 0. The summed E-state index contributed by atoms with van der Waals surface area (Å²) in [6, 6.07) is 1.17. The molecule has 0 aliphatic rings. The maximum atomic E-state index is 5.82. The third-order valence-corrected chi connectivity index (χ3v) is 5.55. The Labute approximate surface area is 102 Å². The van der Waals surface area contributed by atoms with Crippen LogP contribution in [0.2, 0.25) is 19.1 Å². The van der Waals surface area contributed by atoms with Gasteiger partial charge in [0.1, 0.15) is 0 Å². The first-order valence-electron chi connectivity index (χ1n) is 6.38. The summed E-state index contributed by atoms with van der Waals surface area (Å²) in [7, 11) is -1.36. The van der Waals surface area contributed by atoms with E-state index in [-0.39, 0.29) is 0 Å². The molecule has 0 bridgehead atoms. The molecule has 16 heavy (non-hydrogen) atoms. The van der Waals surface area contributed by atoms with Crippen LogP contribution in [0.1, 0.15) is 27.2 Å². The van der Waals surface area contributed by atoms with Crippen molar-refractivity contribution >= 4 is 8.32 Å². The van der Waals surface area contributed by atoms with Crippen LogP contribution < -0.4 is 0 Å². The molecule has 0 aromatic heterocycles. The number of ether oxygens (including phenoxy) is 1. The van der Waals surface area contributed by atoms with Gasteiger partial charge in [0.05, 0.1) is 13.2 Å². The lowest BCUT2D eigenvalue weighted by atomic mass is 10.1. The molecule has 2 nitrogen and oxygen atoms in total. The van der Waals surface area contributed by atoms with Gasteiger partial charge in [0.2, 0.25) is 0 Å². The van der Waals surface area contributed by atoms with Gasteiger partial charge < -0.3 is 9.16 Å². The lowest BCUT2D eigenvalue weighted by Gasteiger charge is -2.19. The standard InChI is InChI=1S/C13H28O2Si/c1-6-13(3)12-14-10-8-9-11-15-16(4,5)7-2/h8-9,13H,6-7,10-12H2,1-5H3. The van der Waals surface area contributed by atoms with E-state index in [1.807, 2.05) is 0 Å². The summed E-state index contributed by atoms with van der Waals surface area (Å²) in [6.07, 6.45) is 5.31. The fraction of sp³-hybridized carbons (Fsp3) is 0.846. The highest BCUT2D eigenvalue weighted by atomic mass is 28.4. The molecule has 96 valence electrons. The highest BCUT2D eigenvalue weighted by molar-refractivity contribution is 6.71. The van der Waals surface area contributed by atoms with Gasteiger partial charge in [-0.1, -0.05) is 39.3 Å². The zero-order valence-corrected chi connectivity index (χ0v) is 12.6.